The number of hydrogen-bond donors (Lipinski definition) is 1. The summed E-state index contributed by atoms with van der Waals surface area (Å²) < 4.78 is 25.3. The molecule has 0 radical (unpaired) electrons. The molecule has 1 unspecified atom stereocenters. The van der Waals surface area contributed by atoms with Crippen LogP contribution >= 0.6 is 27.7 Å². The third-order valence-electron chi connectivity index (χ3n) is 3.46. The van der Waals surface area contributed by atoms with E-state index in [1.165, 1.54) is 0 Å². The van der Waals surface area contributed by atoms with Gasteiger partial charge in [-0.15, -0.1) is 0 Å². The first-order chi connectivity index (χ1) is 9.38. The van der Waals surface area contributed by atoms with Gasteiger partial charge in [-0.05, 0) is 28.4 Å². The van der Waals surface area contributed by atoms with E-state index in [9.17, 15) is 8.42 Å². The highest BCUT2D eigenvalue weighted by Gasteiger charge is 2.34. The molecule has 1 aromatic heterocycles. The molecule has 1 saturated heterocycles. The lowest BCUT2D eigenvalue weighted by Crippen LogP contribution is -2.48. The molecule has 1 atom stereocenters. The smallest absolute Gasteiger partial charge is 0.171 e. The molecule has 2 rings (SSSR count). The summed E-state index contributed by atoms with van der Waals surface area (Å²) in [6, 6.07) is 0. The van der Waals surface area contributed by atoms with Crippen LogP contribution in [-0.2, 0) is 9.84 Å². The first kappa shape index (κ1) is 15.9. The second-order valence-corrected chi connectivity index (χ2v) is 9.04. The van der Waals surface area contributed by atoms with Gasteiger partial charge in [-0.3, -0.25) is 0 Å². The van der Waals surface area contributed by atoms with Gasteiger partial charge in [0.2, 0.25) is 0 Å². The summed E-state index contributed by atoms with van der Waals surface area (Å²) >= 11 is 5.17. The fourth-order valence-electron chi connectivity index (χ4n) is 2.09. The molecule has 1 aliphatic rings. The van der Waals surface area contributed by atoms with Gasteiger partial charge in [0, 0.05) is 23.8 Å². The second-order valence-electron chi connectivity index (χ2n) is 4.65. The summed E-state index contributed by atoms with van der Waals surface area (Å²) in [4.78, 5) is 6.22. The molecule has 0 saturated carbocycles. The summed E-state index contributed by atoms with van der Waals surface area (Å²) in [5.41, 5.74) is 7.32. The molecule has 0 aliphatic carbocycles. The summed E-state index contributed by atoms with van der Waals surface area (Å²) in [6.07, 6.45) is 1.59. The zero-order valence-corrected chi connectivity index (χ0v) is 14.7. The number of anilines is 2. The number of thioether (sulfide) groups is 1. The number of sulfone groups is 1. The number of nitrogens with two attached hydrogens (primary N) is 1. The molecule has 1 aliphatic heterocycles. The Hall–Kier alpha value is -0.470. The summed E-state index contributed by atoms with van der Waals surface area (Å²) in [6.45, 7) is 4.25. The van der Waals surface area contributed by atoms with Crippen LogP contribution in [0.15, 0.2) is 10.7 Å². The van der Waals surface area contributed by atoms with Gasteiger partial charge in [-0.2, -0.15) is 11.8 Å². The molecule has 0 amide bonds. The molecule has 2 N–H and O–H groups in total. The van der Waals surface area contributed by atoms with Gasteiger partial charge in [0.1, 0.15) is 11.2 Å². The third kappa shape index (κ3) is 2.92. The van der Waals surface area contributed by atoms with Crippen LogP contribution < -0.4 is 10.6 Å². The number of pyridine rings is 1. The van der Waals surface area contributed by atoms with Gasteiger partial charge in [0.25, 0.3) is 0 Å². The standard InChI is InChI=1S/C12H18BrN3O2S2/c1-3-20(17,18)10-7-19-5-4-16(10)12-11(13)8(2)9(14)6-15-12/h6,10H,3-5,7,14H2,1-2H3. The van der Waals surface area contributed by atoms with Crippen molar-refractivity contribution >= 4 is 49.0 Å². The van der Waals surface area contributed by atoms with E-state index in [-0.39, 0.29) is 5.75 Å². The van der Waals surface area contributed by atoms with Crippen molar-refractivity contribution in [2.24, 2.45) is 0 Å². The zero-order chi connectivity index (χ0) is 14.9. The van der Waals surface area contributed by atoms with Crippen LogP contribution in [0.2, 0.25) is 0 Å². The van der Waals surface area contributed by atoms with Crippen molar-refractivity contribution in [3.05, 3.63) is 16.2 Å². The fourth-order valence-corrected chi connectivity index (χ4v) is 5.62. The first-order valence-corrected chi connectivity index (χ1v) is 10.0. The SMILES string of the molecule is CCS(=O)(=O)C1CSCCN1c1ncc(N)c(C)c1Br. The van der Waals surface area contributed by atoms with Crippen molar-refractivity contribution < 1.29 is 8.42 Å². The second kappa shape index (κ2) is 6.11. The first-order valence-electron chi connectivity index (χ1n) is 6.35. The van der Waals surface area contributed by atoms with E-state index in [0.717, 1.165) is 15.8 Å². The molecule has 0 aromatic carbocycles. The maximum atomic E-state index is 12.3. The Morgan fingerprint density at radius 2 is 2.30 bits per heavy atom. The van der Waals surface area contributed by atoms with E-state index in [0.29, 0.717) is 23.8 Å². The zero-order valence-electron chi connectivity index (χ0n) is 11.5. The van der Waals surface area contributed by atoms with Crippen LogP contribution in [0.25, 0.3) is 0 Å². The lowest BCUT2D eigenvalue weighted by molar-refractivity contribution is 0.578. The highest BCUT2D eigenvalue weighted by atomic mass is 79.9. The molecule has 1 aromatic rings. The summed E-state index contributed by atoms with van der Waals surface area (Å²) in [5, 5.41) is -0.516. The largest absolute Gasteiger partial charge is 0.397 e. The molecule has 1 fully saturated rings. The molecular formula is C12H18BrN3O2S2. The van der Waals surface area contributed by atoms with Gasteiger partial charge >= 0.3 is 0 Å². The predicted molar refractivity (Wildman–Crippen MR) is 89.0 cm³/mol. The minimum Gasteiger partial charge on any atom is -0.397 e. The van der Waals surface area contributed by atoms with Crippen LogP contribution in [-0.4, -0.2) is 42.6 Å². The average Bonchev–Trinajstić information content (AvgIpc) is 2.45. The maximum absolute atomic E-state index is 12.3. The third-order valence-corrected chi connectivity index (χ3v) is 7.70. The van der Waals surface area contributed by atoms with Crippen LogP contribution in [0.5, 0.6) is 0 Å². The number of halogens is 1. The lowest BCUT2D eigenvalue weighted by Gasteiger charge is -2.36. The van der Waals surface area contributed by atoms with E-state index in [1.807, 2.05) is 11.8 Å². The van der Waals surface area contributed by atoms with Crippen LogP contribution in [0.4, 0.5) is 11.5 Å². The molecule has 8 heteroatoms. The van der Waals surface area contributed by atoms with Crippen molar-refractivity contribution in [2.45, 2.75) is 19.2 Å². The quantitative estimate of drug-likeness (QED) is 0.865. The monoisotopic (exact) mass is 379 g/mol. The van der Waals surface area contributed by atoms with Gasteiger partial charge < -0.3 is 10.6 Å². The Morgan fingerprint density at radius 1 is 1.60 bits per heavy atom. The van der Waals surface area contributed by atoms with E-state index < -0.39 is 15.2 Å². The highest BCUT2D eigenvalue weighted by Crippen LogP contribution is 2.34. The van der Waals surface area contributed by atoms with Crippen LogP contribution in [0, 0.1) is 6.92 Å². The molecule has 5 nitrogen and oxygen atoms in total. The number of nitrogen functional groups attached to an aromatic ring is 1. The predicted octanol–water partition coefficient (Wildman–Crippen LogP) is 2.05. The van der Waals surface area contributed by atoms with Crippen LogP contribution in [0.1, 0.15) is 12.5 Å². The van der Waals surface area contributed by atoms with Crippen molar-refractivity contribution in [1.29, 1.82) is 0 Å². The van der Waals surface area contributed by atoms with E-state index in [1.54, 1.807) is 24.9 Å². The molecule has 2 heterocycles. The molecule has 20 heavy (non-hydrogen) atoms. The van der Waals surface area contributed by atoms with Crippen molar-refractivity contribution in [1.82, 2.24) is 4.98 Å². The molecular weight excluding hydrogens is 362 g/mol. The fraction of sp³-hybridized carbons (Fsp3) is 0.583. The maximum Gasteiger partial charge on any atom is 0.171 e. The molecule has 0 bridgehead atoms. The van der Waals surface area contributed by atoms with Gasteiger partial charge in [0.15, 0.2) is 9.84 Å². The topological polar surface area (TPSA) is 76.3 Å². The van der Waals surface area contributed by atoms with E-state index in [4.69, 9.17) is 5.73 Å². The van der Waals surface area contributed by atoms with E-state index >= 15 is 0 Å². The summed E-state index contributed by atoms with van der Waals surface area (Å²) in [7, 11) is -3.15. The number of rotatable bonds is 3. The van der Waals surface area contributed by atoms with Gasteiger partial charge in [-0.25, -0.2) is 13.4 Å². The van der Waals surface area contributed by atoms with Gasteiger partial charge in [0.05, 0.1) is 16.4 Å². The number of nitrogens with zero attached hydrogens (tertiary/aromatic N) is 2. The van der Waals surface area contributed by atoms with Crippen LogP contribution in [0.3, 0.4) is 0 Å². The Bertz CT molecular complexity index is 607. The Balaban J connectivity index is 2.46. The average molecular weight is 380 g/mol. The Morgan fingerprint density at radius 3 is 2.95 bits per heavy atom. The Labute approximate surface area is 132 Å². The van der Waals surface area contributed by atoms with Gasteiger partial charge in [-0.1, -0.05) is 6.92 Å². The minimum absolute atomic E-state index is 0.139. The van der Waals surface area contributed by atoms with Crippen molar-refractivity contribution in [3.63, 3.8) is 0 Å². The van der Waals surface area contributed by atoms with Crippen molar-refractivity contribution in [2.75, 3.05) is 34.4 Å². The minimum atomic E-state index is -3.15. The summed E-state index contributed by atoms with van der Waals surface area (Å²) in [5.74, 6) is 2.28. The van der Waals surface area contributed by atoms with Crippen molar-refractivity contribution in [3.8, 4) is 0 Å². The normalized spacial score (nSPS) is 20.1. The molecule has 0 spiro atoms. The number of hydrogen-bond acceptors (Lipinski definition) is 6. The molecule has 112 valence electrons. The Kier molecular flexibility index (Phi) is 4.86. The lowest BCUT2D eigenvalue weighted by atomic mass is 10.2. The highest BCUT2D eigenvalue weighted by molar-refractivity contribution is 9.10. The van der Waals surface area contributed by atoms with E-state index in [2.05, 4.69) is 20.9 Å². The number of aromatic nitrogens is 1.